The first-order valence-electron chi connectivity index (χ1n) is 13.6. The summed E-state index contributed by atoms with van der Waals surface area (Å²) in [5.41, 5.74) is 1.81. The van der Waals surface area contributed by atoms with Crippen LogP contribution in [0.1, 0.15) is 44.7 Å². The second-order valence-electron chi connectivity index (χ2n) is 10.4. The summed E-state index contributed by atoms with van der Waals surface area (Å²) in [4.78, 5) is 26.5. The lowest BCUT2D eigenvalue weighted by molar-refractivity contribution is -0.130. The van der Waals surface area contributed by atoms with E-state index >= 15 is 0 Å². The van der Waals surface area contributed by atoms with E-state index in [0.29, 0.717) is 24.1 Å². The number of halogens is 1. The number of unbranched alkanes of at least 4 members (excludes halogenated alkanes) is 1. The molecule has 0 unspecified atom stereocenters. The number of piperidine rings is 1. The Kier molecular flexibility index (Phi) is 9.70. The van der Waals surface area contributed by atoms with Crippen molar-refractivity contribution in [2.24, 2.45) is 5.92 Å². The van der Waals surface area contributed by atoms with Crippen molar-refractivity contribution >= 4 is 11.6 Å². The Morgan fingerprint density at radius 3 is 2.58 bits per heavy atom. The Balaban J connectivity index is 1.38. The second kappa shape index (κ2) is 13.2. The van der Waals surface area contributed by atoms with Gasteiger partial charge in [-0.15, -0.1) is 0 Å². The van der Waals surface area contributed by atoms with Crippen LogP contribution in [0, 0.1) is 11.7 Å². The molecule has 0 bridgehead atoms. The Morgan fingerprint density at radius 1 is 1.08 bits per heavy atom. The van der Waals surface area contributed by atoms with Crippen molar-refractivity contribution in [3.05, 3.63) is 60.2 Å². The van der Waals surface area contributed by atoms with Gasteiger partial charge >= 0.3 is 0 Å². The van der Waals surface area contributed by atoms with E-state index in [0.717, 1.165) is 83.7 Å². The zero-order chi connectivity index (χ0) is 25.3. The standard InChI is InChI=1S/C29H42FN5O/c1-3-4-16-32(2)29(36)13-12-24-22-33(23-25-9-7-8-15-31-25)17-14-27(24)34-18-20-35(21-19-34)28-11-6-5-10-26(28)30/h5-11,15,24,27H,3-4,12-14,16-23H2,1-2H3/t24-,27+/m0/s1. The number of pyridine rings is 1. The number of para-hydroxylation sites is 1. The summed E-state index contributed by atoms with van der Waals surface area (Å²) in [5, 5.41) is 0. The van der Waals surface area contributed by atoms with Crippen LogP contribution >= 0.6 is 0 Å². The number of carbonyl (C=O) groups excluding carboxylic acids is 1. The number of nitrogens with zero attached hydrogens (tertiary/aromatic N) is 5. The number of piperazine rings is 1. The lowest BCUT2D eigenvalue weighted by atomic mass is 9.86. The van der Waals surface area contributed by atoms with Gasteiger partial charge in [0.15, 0.2) is 0 Å². The largest absolute Gasteiger partial charge is 0.367 e. The lowest BCUT2D eigenvalue weighted by Gasteiger charge is -2.47. The smallest absolute Gasteiger partial charge is 0.222 e. The molecule has 4 rings (SSSR count). The molecular formula is C29H42FN5O. The van der Waals surface area contributed by atoms with Gasteiger partial charge in [0.25, 0.3) is 0 Å². The van der Waals surface area contributed by atoms with Crippen molar-refractivity contribution in [3.63, 3.8) is 0 Å². The number of hydrogen-bond donors (Lipinski definition) is 0. The van der Waals surface area contributed by atoms with Crippen LogP contribution in [-0.2, 0) is 11.3 Å². The lowest BCUT2D eigenvalue weighted by Crippen LogP contribution is -2.57. The number of aromatic nitrogens is 1. The van der Waals surface area contributed by atoms with Gasteiger partial charge in [0.05, 0.1) is 11.4 Å². The molecule has 3 heterocycles. The summed E-state index contributed by atoms with van der Waals surface area (Å²) in [6.07, 6.45) is 6.62. The third-order valence-corrected chi connectivity index (χ3v) is 7.87. The highest BCUT2D eigenvalue weighted by atomic mass is 19.1. The molecule has 2 saturated heterocycles. The predicted molar refractivity (Wildman–Crippen MR) is 143 cm³/mol. The molecule has 36 heavy (non-hydrogen) atoms. The molecular weight excluding hydrogens is 453 g/mol. The fourth-order valence-electron chi connectivity index (χ4n) is 5.75. The Bertz CT molecular complexity index is 950. The van der Waals surface area contributed by atoms with Gasteiger partial charge in [-0.3, -0.25) is 19.6 Å². The average Bonchev–Trinajstić information content (AvgIpc) is 2.91. The molecule has 0 radical (unpaired) electrons. The topological polar surface area (TPSA) is 42.9 Å². The highest BCUT2D eigenvalue weighted by molar-refractivity contribution is 5.75. The van der Waals surface area contributed by atoms with E-state index in [4.69, 9.17) is 0 Å². The summed E-state index contributed by atoms with van der Waals surface area (Å²) in [6.45, 7) is 9.41. The number of benzene rings is 1. The fourth-order valence-corrected chi connectivity index (χ4v) is 5.75. The van der Waals surface area contributed by atoms with Crippen LogP contribution < -0.4 is 4.90 Å². The van der Waals surface area contributed by atoms with Gasteiger partial charge in [0.2, 0.25) is 5.91 Å². The molecule has 2 aromatic rings. The molecule has 0 aliphatic carbocycles. The Hall–Kier alpha value is -2.51. The molecule has 2 fully saturated rings. The van der Waals surface area contributed by atoms with Crippen molar-refractivity contribution in [1.82, 2.24) is 19.7 Å². The zero-order valence-corrected chi connectivity index (χ0v) is 22.0. The van der Waals surface area contributed by atoms with Crippen LogP contribution in [-0.4, -0.2) is 84.5 Å². The molecule has 1 aromatic carbocycles. The number of carbonyl (C=O) groups is 1. The minimum atomic E-state index is -0.141. The van der Waals surface area contributed by atoms with E-state index in [1.807, 2.05) is 42.4 Å². The van der Waals surface area contributed by atoms with Crippen LogP contribution in [0.2, 0.25) is 0 Å². The number of rotatable bonds is 10. The molecule has 0 spiro atoms. The summed E-state index contributed by atoms with van der Waals surface area (Å²) in [5.74, 6) is 0.553. The maximum Gasteiger partial charge on any atom is 0.222 e. The van der Waals surface area contributed by atoms with Crippen LogP contribution in [0.15, 0.2) is 48.7 Å². The van der Waals surface area contributed by atoms with E-state index < -0.39 is 0 Å². The van der Waals surface area contributed by atoms with E-state index in [-0.39, 0.29) is 11.7 Å². The Labute approximate surface area is 216 Å². The second-order valence-corrected chi connectivity index (χ2v) is 10.4. The first-order chi connectivity index (χ1) is 17.5. The SMILES string of the molecule is CCCCN(C)C(=O)CC[C@H]1CN(Cc2ccccn2)CC[C@H]1N1CCN(c2ccccc2F)CC1. The van der Waals surface area contributed by atoms with Gasteiger partial charge in [-0.05, 0) is 49.4 Å². The van der Waals surface area contributed by atoms with E-state index in [9.17, 15) is 9.18 Å². The van der Waals surface area contributed by atoms with E-state index in [1.54, 1.807) is 12.1 Å². The van der Waals surface area contributed by atoms with E-state index in [1.165, 1.54) is 0 Å². The number of anilines is 1. The number of hydrogen-bond acceptors (Lipinski definition) is 5. The van der Waals surface area contributed by atoms with Crippen LogP contribution in [0.3, 0.4) is 0 Å². The van der Waals surface area contributed by atoms with Crippen LogP contribution in [0.5, 0.6) is 0 Å². The highest BCUT2D eigenvalue weighted by Crippen LogP contribution is 2.29. The predicted octanol–water partition coefficient (Wildman–Crippen LogP) is 4.27. The van der Waals surface area contributed by atoms with Crippen molar-refractivity contribution in [2.75, 3.05) is 57.8 Å². The number of likely N-dealkylation sites (tertiary alicyclic amines) is 1. The molecule has 0 N–H and O–H groups in total. The summed E-state index contributed by atoms with van der Waals surface area (Å²) < 4.78 is 14.3. The maximum absolute atomic E-state index is 14.3. The molecule has 6 nitrogen and oxygen atoms in total. The van der Waals surface area contributed by atoms with Gasteiger partial charge in [0, 0.05) is 78.1 Å². The van der Waals surface area contributed by atoms with Gasteiger partial charge < -0.3 is 9.80 Å². The quantitative estimate of drug-likeness (QED) is 0.493. The Morgan fingerprint density at radius 2 is 1.86 bits per heavy atom. The summed E-state index contributed by atoms with van der Waals surface area (Å²) in [6, 6.07) is 13.6. The van der Waals surface area contributed by atoms with Gasteiger partial charge in [-0.1, -0.05) is 31.5 Å². The molecule has 2 atom stereocenters. The van der Waals surface area contributed by atoms with Crippen LogP contribution in [0.25, 0.3) is 0 Å². The fraction of sp³-hybridized carbons (Fsp3) is 0.586. The third-order valence-electron chi connectivity index (χ3n) is 7.87. The normalized spacial score (nSPS) is 21.5. The summed E-state index contributed by atoms with van der Waals surface area (Å²) >= 11 is 0. The number of amides is 1. The van der Waals surface area contributed by atoms with Crippen LogP contribution in [0.4, 0.5) is 10.1 Å². The van der Waals surface area contributed by atoms with Crippen molar-refractivity contribution in [1.29, 1.82) is 0 Å². The molecule has 2 aliphatic rings. The summed E-state index contributed by atoms with van der Waals surface area (Å²) in [7, 11) is 1.94. The molecule has 1 amide bonds. The average molecular weight is 496 g/mol. The maximum atomic E-state index is 14.3. The van der Waals surface area contributed by atoms with Gasteiger partial charge in [-0.25, -0.2) is 4.39 Å². The van der Waals surface area contributed by atoms with Crippen molar-refractivity contribution in [3.8, 4) is 0 Å². The molecule has 196 valence electrons. The molecule has 7 heteroatoms. The molecule has 1 aromatic heterocycles. The minimum absolute atomic E-state index is 0.141. The van der Waals surface area contributed by atoms with Gasteiger partial charge in [-0.2, -0.15) is 0 Å². The monoisotopic (exact) mass is 495 g/mol. The van der Waals surface area contributed by atoms with Crippen molar-refractivity contribution < 1.29 is 9.18 Å². The van der Waals surface area contributed by atoms with Gasteiger partial charge in [0.1, 0.15) is 5.82 Å². The third kappa shape index (κ3) is 7.04. The molecule has 0 saturated carbocycles. The van der Waals surface area contributed by atoms with E-state index in [2.05, 4.69) is 32.7 Å². The van der Waals surface area contributed by atoms with Crippen molar-refractivity contribution in [2.45, 2.75) is 51.6 Å². The molecule has 2 aliphatic heterocycles. The minimum Gasteiger partial charge on any atom is -0.367 e. The highest BCUT2D eigenvalue weighted by Gasteiger charge is 2.35. The first-order valence-corrected chi connectivity index (χ1v) is 13.6. The first kappa shape index (κ1) is 26.6. The zero-order valence-electron chi connectivity index (χ0n) is 22.0.